The van der Waals surface area contributed by atoms with Crippen LogP contribution in [0.2, 0.25) is 0 Å². The van der Waals surface area contributed by atoms with Crippen LogP contribution in [0, 0.1) is 0 Å². The number of halogens is 3. The van der Waals surface area contributed by atoms with E-state index in [1.807, 2.05) is 12.1 Å². The van der Waals surface area contributed by atoms with Crippen molar-refractivity contribution in [3.05, 3.63) is 35.4 Å². The normalized spacial score (nSPS) is 11.7. The average molecular weight is 394 g/mol. The van der Waals surface area contributed by atoms with Gasteiger partial charge in [-0.15, -0.1) is 0 Å². The number of hydrogen-bond donors (Lipinski definition) is 1. The first-order valence-electron chi connectivity index (χ1n) is 4.09. The van der Waals surface area contributed by atoms with Crippen LogP contribution in [-0.2, 0) is 9.60 Å². The summed E-state index contributed by atoms with van der Waals surface area (Å²) in [6.07, 6.45) is 0. The molecule has 0 aliphatic carbocycles. The molecule has 1 atom stereocenters. The number of Topliss-reactive ketones (excluding diaryl/α,β-unsaturated/α-hetero) is 1. The topological polar surface area (TPSA) is 66.2 Å². The molecule has 7 heteroatoms. The molecule has 0 aromatic heterocycles. The van der Waals surface area contributed by atoms with Crippen molar-refractivity contribution >= 4 is 59.3 Å². The molecule has 16 heavy (non-hydrogen) atoms. The van der Waals surface area contributed by atoms with Gasteiger partial charge in [0.25, 0.3) is 0 Å². The van der Waals surface area contributed by atoms with Crippen molar-refractivity contribution in [2.75, 3.05) is 0 Å². The van der Waals surface area contributed by atoms with E-state index in [4.69, 9.17) is 10.3 Å². The Labute approximate surface area is 120 Å². The molecular weight excluding hydrogens is 384 g/mol. The highest BCUT2D eigenvalue weighted by molar-refractivity contribution is 14.1. The number of carbonyl (C=O) groups excluding carboxylic acids is 1. The van der Waals surface area contributed by atoms with Crippen molar-refractivity contribution in [2.45, 2.75) is 11.0 Å². The van der Waals surface area contributed by atoms with Crippen molar-refractivity contribution in [1.82, 2.24) is 0 Å². The molecule has 0 amide bonds. The summed E-state index contributed by atoms with van der Waals surface area (Å²) >= 11 is 2.13. The van der Waals surface area contributed by atoms with Gasteiger partial charge in [0.2, 0.25) is 0 Å². The lowest BCUT2D eigenvalue weighted by Gasteiger charge is -2.03. The largest absolute Gasteiger partial charge is 0.582 e. The molecule has 1 aromatic carbocycles. The highest BCUT2D eigenvalue weighted by Crippen LogP contribution is 2.17. The second-order valence-corrected chi connectivity index (χ2v) is 6.63. The fourth-order valence-electron chi connectivity index (χ4n) is 0.902. The summed E-state index contributed by atoms with van der Waals surface area (Å²) < 4.78 is 9.09. The van der Waals surface area contributed by atoms with Crippen LogP contribution in [0.1, 0.15) is 26.9 Å². The Hall–Kier alpha value is 0.470. The molecule has 3 nitrogen and oxygen atoms in total. The first-order valence-corrected chi connectivity index (χ1v) is 8.14. The molecule has 90 valence electrons. The summed E-state index contributed by atoms with van der Waals surface area (Å²) in [5, 5.41) is 0. The lowest BCUT2D eigenvalue weighted by Crippen LogP contribution is -2.01. The van der Waals surface area contributed by atoms with Gasteiger partial charge in [-0.1, -0.05) is 46.9 Å². The zero-order valence-corrected chi connectivity index (χ0v) is 12.8. The Morgan fingerprint density at radius 1 is 1.44 bits per heavy atom. The van der Waals surface area contributed by atoms with Gasteiger partial charge < -0.3 is 10.3 Å². The van der Waals surface area contributed by atoms with E-state index >= 15 is 0 Å². The van der Waals surface area contributed by atoms with E-state index in [-0.39, 0.29) is 9.83 Å². The molecule has 0 heterocycles. The van der Waals surface area contributed by atoms with Crippen LogP contribution in [0.4, 0.5) is 0 Å². The molecule has 1 unspecified atom stereocenters. The number of alkyl halides is 1. The molecule has 0 bridgehead atoms. The quantitative estimate of drug-likeness (QED) is 0.275. The molecule has 0 saturated heterocycles. The zero-order chi connectivity index (χ0) is 12.7. The van der Waals surface area contributed by atoms with E-state index in [9.17, 15) is 4.79 Å². The van der Waals surface area contributed by atoms with Gasteiger partial charge >= 0.3 is 0 Å². The fraction of sp³-hybridized carbons (Fsp3) is 0.222. The number of nitrogens with two attached hydrogens (primary N) is 1. The van der Waals surface area contributed by atoms with Gasteiger partial charge in [-0.05, 0) is 12.5 Å². The van der Waals surface area contributed by atoms with E-state index in [0.29, 0.717) is 0 Å². The Morgan fingerprint density at radius 2 is 1.81 bits per heavy atom. The Bertz CT molecular complexity index is 330. The molecule has 2 N–H and O–H groups in total. The van der Waals surface area contributed by atoms with Crippen LogP contribution in [0.5, 0.6) is 0 Å². The highest BCUT2D eigenvalue weighted by Gasteiger charge is 2.01. The lowest BCUT2D eigenvalue weighted by atomic mass is 10.1. The van der Waals surface area contributed by atoms with Gasteiger partial charge in [0.15, 0.2) is 36.8 Å². The molecule has 0 radical (unpaired) electrons. The van der Waals surface area contributed by atoms with Crippen molar-refractivity contribution in [3.63, 3.8) is 0 Å². The van der Waals surface area contributed by atoms with Gasteiger partial charge in [-0.3, -0.25) is 4.79 Å². The smallest absolute Gasteiger partial charge is 0.198 e. The van der Waals surface area contributed by atoms with Gasteiger partial charge in [-0.2, -0.15) is 0 Å². The second kappa shape index (κ2) is 8.54. The maximum Gasteiger partial charge on any atom is 0.198 e. The molecule has 1 aromatic rings. The van der Waals surface area contributed by atoms with E-state index in [1.54, 1.807) is 19.1 Å². The lowest BCUT2D eigenvalue weighted by molar-refractivity contribution is 0.101. The summed E-state index contributed by atoms with van der Waals surface area (Å²) in [7, 11) is 7.36. The number of benzene rings is 1. The predicted molar refractivity (Wildman–Crippen MR) is 77.2 cm³/mol. The summed E-state index contributed by atoms with van der Waals surface area (Å²) in [4.78, 5) is 10.9. The van der Waals surface area contributed by atoms with Crippen molar-refractivity contribution in [3.8, 4) is 0 Å². The summed E-state index contributed by atoms with van der Waals surface area (Å²) in [5.41, 5.74) is 7.42. The van der Waals surface area contributed by atoms with E-state index < -0.39 is 9.60 Å². The van der Waals surface area contributed by atoms with E-state index in [2.05, 4.69) is 44.0 Å². The van der Waals surface area contributed by atoms with Crippen LogP contribution in [-0.4, -0.2) is 10.3 Å². The van der Waals surface area contributed by atoms with Crippen LogP contribution >= 0.6 is 44.0 Å². The Kier molecular flexibility index (Phi) is 8.80. The summed E-state index contributed by atoms with van der Waals surface area (Å²) in [5.74, 6) is 0.0866. The maximum atomic E-state index is 10.9. The third kappa shape index (κ3) is 7.70. The zero-order valence-electron chi connectivity index (χ0n) is 8.32. The third-order valence-corrected chi connectivity index (χ3v) is 2.35. The van der Waals surface area contributed by atoms with Gasteiger partial charge in [-0.25, -0.2) is 0 Å². The molecular formula is C9H10Cl2INO2S. The van der Waals surface area contributed by atoms with Crippen molar-refractivity contribution in [1.29, 1.82) is 0 Å². The minimum absolute atomic E-state index is 0.00334. The molecule has 0 spiro atoms. The summed E-state index contributed by atoms with van der Waals surface area (Å²) in [6.45, 7) is 1.55. The molecule has 0 aliphatic rings. The third-order valence-electron chi connectivity index (χ3n) is 1.64. The molecule has 0 aliphatic heterocycles. The number of rotatable bonds is 2. The maximum absolute atomic E-state index is 10.9. The minimum atomic E-state index is -1.67. The SMILES string of the molecule is CC(=O)c1ccc(C(N)I)cc1.[O-][S+](Cl)Cl. The van der Waals surface area contributed by atoms with Crippen LogP contribution in [0.3, 0.4) is 0 Å². The van der Waals surface area contributed by atoms with Crippen LogP contribution in [0.25, 0.3) is 0 Å². The first-order chi connectivity index (χ1) is 7.34. The summed E-state index contributed by atoms with van der Waals surface area (Å²) in [6, 6.07) is 7.37. The number of carbonyl (C=O) groups is 1. The van der Waals surface area contributed by atoms with E-state index in [0.717, 1.165) is 11.1 Å². The van der Waals surface area contributed by atoms with Gasteiger partial charge in [0.05, 0.1) is 4.05 Å². The Balaban J connectivity index is 0.000000487. The van der Waals surface area contributed by atoms with Gasteiger partial charge in [0, 0.05) is 5.56 Å². The minimum Gasteiger partial charge on any atom is -0.582 e. The van der Waals surface area contributed by atoms with Crippen molar-refractivity contribution in [2.24, 2.45) is 5.73 Å². The molecule has 0 saturated carbocycles. The number of hydrogen-bond acceptors (Lipinski definition) is 3. The predicted octanol–water partition coefficient (Wildman–Crippen LogP) is 3.32. The first kappa shape index (κ1) is 16.5. The van der Waals surface area contributed by atoms with Gasteiger partial charge in [0.1, 0.15) is 0 Å². The van der Waals surface area contributed by atoms with Crippen molar-refractivity contribution < 1.29 is 9.35 Å². The number of ketones is 1. The fourth-order valence-corrected chi connectivity index (χ4v) is 1.32. The van der Waals surface area contributed by atoms with Crippen LogP contribution < -0.4 is 5.73 Å². The molecule has 0 fully saturated rings. The highest BCUT2D eigenvalue weighted by atomic mass is 127. The molecule has 1 rings (SSSR count). The van der Waals surface area contributed by atoms with E-state index in [1.165, 1.54) is 0 Å². The standard InChI is InChI=1S/C9H10INO.Cl2OS/c1-6(12)7-2-4-8(5-3-7)9(10)11;1-4(2)3/h2-5,9H,11H2,1H3;. The Morgan fingerprint density at radius 3 is 2.06 bits per heavy atom. The average Bonchev–Trinajstić information content (AvgIpc) is 2.17. The monoisotopic (exact) mass is 393 g/mol. The second-order valence-electron chi connectivity index (χ2n) is 2.76. The van der Waals surface area contributed by atoms with Crippen LogP contribution in [0.15, 0.2) is 24.3 Å².